The average molecular weight is 499 g/mol. The van der Waals surface area contributed by atoms with Crippen LogP contribution >= 0.6 is 0 Å². The van der Waals surface area contributed by atoms with E-state index in [-0.39, 0.29) is 11.3 Å². The van der Waals surface area contributed by atoms with Crippen LogP contribution in [0.4, 0.5) is 13.2 Å². The van der Waals surface area contributed by atoms with Crippen LogP contribution in [0.1, 0.15) is 45.4 Å². The Morgan fingerprint density at radius 1 is 0.861 bits per heavy atom. The molecule has 0 radical (unpaired) electrons. The fraction of sp³-hybridized carbons (Fsp3) is 0.400. The van der Waals surface area contributed by atoms with Crippen molar-refractivity contribution >= 4 is 0 Å². The van der Waals surface area contributed by atoms with Gasteiger partial charge in [-0.15, -0.1) is 0 Å². The molecule has 0 N–H and O–H groups in total. The molecule has 4 rings (SSSR count). The van der Waals surface area contributed by atoms with Crippen LogP contribution in [0, 0.1) is 23.4 Å². The molecule has 3 nitrogen and oxygen atoms in total. The van der Waals surface area contributed by atoms with Crippen molar-refractivity contribution in [2.75, 3.05) is 20.3 Å². The average Bonchev–Trinajstić information content (AvgIpc) is 2.90. The standard InChI is InChI=1S/C30H33F3O3/c1-3-4-5-6-23-12-7-20(18-35-23)19-36-24-13-14-25(27(31)17-24)21-8-10-22(11-9-21)26-15-16-28(34-2)30(33)29(26)32/h8-11,13-17,20,23H,3-7,12,18-19H2,1-2H3. The van der Waals surface area contributed by atoms with Gasteiger partial charge in [0.25, 0.3) is 0 Å². The van der Waals surface area contributed by atoms with Gasteiger partial charge in [0, 0.05) is 23.1 Å². The third kappa shape index (κ3) is 6.22. The third-order valence-corrected chi connectivity index (χ3v) is 6.79. The molecule has 6 heteroatoms. The lowest BCUT2D eigenvalue weighted by atomic mass is 9.96. The molecule has 1 aliphatic heterocycles. The van der Waals surface area contributed by atoms with Gasteiger partial charge in [0.15, 0.2) is 11.6 Å². The summed E-state index contributed by atoms with van der Waals surface area (Å²) in [5.41, 5.74) is 1.64. The van der Waals surface area contributed by atoms with Crippen molar-refractivity contribution in [2.24, 2.45) is 5.92 Å². The highest BCUT2D eigenvalue weighted by Crippen LogP contribution is 2.33. The summed E-state index contributed by atoms with van der Waals surface area (Å²) in [7, 11) is 1.28. The van der Waals surface area contributed by atoms with Gasteiger partial charge in [0.2, 0.25) is 5.82 Å². The number of methoxy groups -OCH3 is 1. The maximum Gasteiger partial charge on any atom is 0.201 e. The van der Waals surface area contributed by atoms with Crippen molar-refractivity contribution in [3.63, 3.8) is 0 Å². The molecule has 2 atom stereocenters. The molecule has 36 heavy (non-hydrogen) atoms. The molecule has 0 saturated carbocycles. The number of rotatable bonds is 10. The Balaban J connectivity index is 1.35. The van der Waals surface area contributed by atoms with E-state index in [1.165, 1.54) is 44.6 Å². The van der Waals surface area contributed by atoms with Crippen molar-refractivity contribution in [3.05, 3.63) is 72.0 Å². The summed E-state index contributed by atoms with van der Waals surface area (Å²) < 4.78 is 60.1. The molecule has 2 unspecified atom stereocenters. The smallest absolute Gasteiger partial charge is 0.201 e. The number of unbranched alkanes of at least 4 members (excludes halogenated alkanes) is 2. The lowest BCUT2D eigenvalue weighted by molar-refractivity contribution is -0.0314. The second kappa shape index (κ2) is 12.3. The minimum atomic E-state index is -1.03. The van der Waals surface area contributed by atoms with Crippen LogP contribution in [0.25, 0.3) is 22.3 Å². The highest BCUT2D eigenvalue weighted by Gasteiger charge is 2.22. The van der Waals surface area contributed by atoms with Gasteiger partial charge in [-0.25, -0.2) is 8.78 Å². The van der Waals surface area contributed by atoms with Crippen LogP contribution in [-0.4, -0.2) is 26.4 Å². The predicted molar refractivity (Wildman–Crippen MR) is 136 cm³/mol. The van der Waals surface area contributed by atoms with Crippen LogP contribution in [0.2, 0.25) is 0 Å². The molecule has 0 bridgehead atoms. The van der Waals surface area contributed by atoms with E-state index in [0.717, 1.165) is 19.3 Å². The van der Waals surface area contributed by atoms with Crippen molar-refractivity contribution in [1.29, 1.82) is 0 Å². The van der Waals surface area contributed by atoms with Crippen LogP contribution in [0.3, 0.4) is 0 Å². The van der Waals surface area contributed by atoms with E-state index in [9.17, 15) is 13.2 Å². The molecule has 1 aliphatic rings. The molecule has 0 amide bonds. The van der Waals surface area contributed by atoms with E-state index in [1.54, 1.807) is 36.4 Å². The molecule has 0 aliphatic carbocycles. The van der Waals surface area contributed by atoms with Gasteiger partial charge in [-0.05, 0) is 54.7 Å². The zero-order valence-corrected chi connectivity index (χ0v) is 20.9. The highest BCUT2D eigenvalue weighted by atomic mass is 19.2. The largest absolute Gasteiger partial charge is 0.494 e. The molecular formula is C30H33F3O3. The van der Waals surface area contributed by atoms with Crippen LogP contribution in [-0.2, 0) is 4.74 Å². The second-order valence-corrected chi connectivity index (χ2v) is 9.37. The van der Waals surface area contributed by atoms with E-state index in [4.69, 9.17) is 14.2 Å². The summed E-state index contributed by atoms with van der Waals surface area (Å²) in [5, 5.41) is 0. The predicted octanol–water partition coefficient (Wildman–Crippen LogP) is 8.20. The van der Waals surface area contributed by atoms with E-state index in [1.807, 2.05) is 0 Å². The third-order valence-electron chi connectivity index (χ3n) is 6.79. The summed E-state index contributed by atoms with van der Waals surface area (Å²) >= 11 is 0. The molecule has 3 aromatic rings. The Morgan fingerprint density at radius 3 is 2.22 bits per heavy atom. The first-order chi connectivity index (χ1) is 17.5. The maximum absolute atomic E-state index is 14.9. The summed E-state index contributed by atoms with van der Waals surface area (Å²) in [5.74, 6) is -1.78. The molecule has 0 aromatic heterocycles. The summed E-state index contributed by atoms with van der Waals surface area (Å²) in [4.78, 5) is 0. The van der Waals surface area contributed by atoms with Crippen molar-refractivity contribution in [3.8, 4) is 33.8 Å². The van der Waals surface area contributed by atoms with Crippen molar-refractivity contribution in [1.82, 2.24) is 0 Å². The van der Waals surface area contributed by atoms with Crippen molar-refractivity contribution < 1.29 is 27.4 Å². The summed E-state index contributed by atoms with van der Waals surface area (Å²) in [6, 6.07) is 14.3. The minimum Gasteiger partial charge on any atom is -0.494 e. The molecule has 192 valence electrons. The van der Waals surface area contributed by atoms with E-state index in [0.29, 0.717) is 47.7 Å². The Bertz CT molecular complexity index is 1140. The molecule has 1 heterocycles. The molecular weight excluding hydrogens is 465 g/mol. The second-order valence-electron chi connectivity index (χ2n) is 9.37. The Kier molecular flexibility index (Phi) is 8.92. The van der Waals surface area contributed by atoms with Gasteiger partial charge >= 0.3 is 0 Å². The first kappa shape index (κ1) is 26.1. The molecule has 1 saturated heterocycles. The van der Waals surface area contributed by atoms with Gasteiger partial charge in [0.1, 0.15) is 11.6 Å². The quantitative estimate of drug-likeness (QED) is 0.264. The van der Waals surface area contributed by atoms with E-state index in [2.05, 4.69) is 6.92 Å². The van der Waals surface area contributed by atoms with Gasteiger partial charge in [-0.2, -0.15) is 4.39 Å². The Labute approximate surface area is 211 Å². The highest BCUT2D eigenvalue weighted by molar-refractivity contribution is 5.71. The van der Waals surface area contributed by atoms with E-state index < -0.39 is 17.5 Å². The number of hydrogen-bond acceptors (Lipinski definition) is 3. The first-order valence-corrected chi connectivity index (χ1v) is 12.7. The van der Waals surface area contributed by atoms with Crippen molar-refractivity contribution in [2.45, 2.75) is 51.6 Å². The van der Waals surface area contributed by atoms with Gasteiger partial charge in [0.05, 0.1) is 26.4 Å². The topological polar surface area (TPSA) is 27.7 Å². The summed E-state index contributed by atoms with van der Waals surface area (Å²) in [6.07, 6.45) is 7.27. The van der Waals surface area contributed by atoms with Gasteiger partial charge < -0.3 is 14.2 Å². The Hall–Kier alpha value is -2.99. The van der Waals surface area contributed by atoms with Crippen LogP contribution < -0.4 is 9.47 Å². The lowest BCUT2D eigenvalue weighted by Gasteiger charge is -2.29. The number of ether oxygens (including phenoxy) is 3. The zero-order chi connectivity index (χ0) is 25.5. The lowest BCUT2D eigenvalue weighted by Crippen LogP contribution is -2.29. The van der Waals surface area contributed by atoms with Gasteiger partial charge in [-0.1, -0.05) is 50.5 Å². The fourth-order valence-electron chi connectivity index (χ4n) is 4.62. The monoisotopic (exact) mass is 498 g/mol. The molecule has 0 spiro atoms. The number of hydrogen-bond donors (Lipinski definition) is 0. The molecule has 3 aromatic carbocycles. The first-order valence-electron chi connectivity index (χ1n) is 12.7. The zero-order valence-electron chi connectivity index (χ0n) is 20.9. The van der Waals surface area contributed by atoms with Gasteiger partial charge in [-0.3, -0.25) is 0 Å². The van der Waals surface area contributed by atoms with E-state index >= 15 is 0 Å². The van der Waals surface area contributed by atoms with Crippen LogP contribution in [0.15, 0.2) is 54.6 Å². The normalized spacial score (nSPS) is 17.7. The number of halogens is 3. The summed E-state index contributed by atoms with van der Waals surface area (Å²) in [6.45, 7) is 3.39. The Morgan fingerprint density at radius 2 is 1.58 bits per heavy atom. The van der Waals surface area contributed by atoms with Crippen LogP contribution in [0.5, 0.6) is 11.5 Å². The molecule has 1 fully saturated rings. The number of benzene rings is 3. The SMILES string of the molecule is CCCCCC1CCC(COc2ccc(-c3ccc(-c4ccc(OC)c(F)c4F)cc3)c(F)c2)CO1. The fourth-order valence-corrected chi connectivity index (χ4v) is 4.62. The minimum absolute atomic E-state index is 0.114. The maximum atomic E-state index is 14.9.